The van der Waals surface area contributed by atoms with Gasteiger partial charge in [-0.15, -0.1) is 10.2 Å². The standard InChI is InChI=1S/C16H15N5O/c22-16(18-9-8-13-4-2-1-3-5-13)14-6-7-15(20-19-14)21-11-10-17-12-21/h1-7,10-12H,8-9H2,(H,18,22). The van der Waals surface area contributed by atoms with E-state index in [1.54, 1.807) is 35.4 Å². The van der Waals surface area contributed by atoms with Crippen molar-refractivity contribution in [2.45, 2.75) is 6.42 Å². The zero-order chi connectivity index (χ0) is 15.2. The van der Waals surface area contributed by atoms with Crippen molar-refractivity contribution in [3.05, 3.63) is 72.4 Å². The summed E-state index contributed by atoms with van der Waals surface area (Å²) in [6, 6.07) is 13.4. The summed E-state index contributed by atoms with van der Waals surface area (Å²) in [5.41, 5.74) is 1.49. The maximum atomic E-state index is 12.0. The van der Waals surface area contributed by atoms with E-state index in [9.17, 15) is 4.79 Å². The van der Waals surface area contributed by atoms with Gasteiger partial charge in [-0.25, -0.2) is 4.98 Å². The monoisotopic (exact) mass is 293 g/mol. The van der Waals surface area contributed by atoms with Crippen LogP contribution in [-0.2, 0) is 6.42 Å². The van der Waals surface area contributed by atoms with E-state index in [4.69, 9.17) is 0 Å². The number of imidazole rings is 1. The van der Waals surface area contributed by atoms with E-state index in [0.717, 1.165) is 6.42 Å². The minimum atomic E-state index is -0.222. The molecule has 0 aliphatic rings. The Hall–Kier alpha value is -3.02. The van der Waals surface area contributed by atoms with Gasteiger partial charge in [0.15, 0.2) is 11.5 Å². The van der Waals surface area contributed by atoms with Crippen molar-refractivity contribution in [2.24, 2.45) is 0 Å². The highest BCUT2D eigenvalue weighted by Gasteiger charge is 2.08. The summed E-state index contributed by atoms with van der Waals surface area (Å²) >= 11 is 0. The molecule has 0 spiro atoms. The molecule has 110 valence electrons. The van der Waals surface area contributed by atoms with E-state index in [0.29, 0.717) is 18.1 Å². The first-order valence-electron chi connectivity index (χ1n) is 6.97. The molecule has 2 aromatic heterocycles. The van der Waals surface area contributed by atoms with E-state index in [2.05, 4.69) is 20.5 Å². The van der Waals surface area contributed by atoms with Gasteiger partial charge < -0.3 is 5.32 Å². The number of carbonyl (C=O) groups excluding carboxylic acids is 1. The lowest BCUT2D eigenvalue weighted by atomic mass is 10.1. The molecule has 0 aliphatic heterocycles. The molecule has 0 bridgehead atoms. The second kappa shape index (κ2) is 6.62. The Morgan fingerprint density at radius 3 is 2.64 bits per heavy atom. The highest BCUT2D eigenvalue weighted by Crippen LogP contribution is 2.03. The smallest absolute Gasteiger partial charge is 0.271 e. The summed E-state index contributed by atoms with van der Waals surface area (Å²) in [5.74, 6) is 0.402. The number of aromatic nitrogens is 4. The van der Waals surface area contributed by atoms with E-state index >= 15 is 0 Å². The molecule has 0 unspecified atom stereocenters. The molecule has 6 heteroatoms. The van der Waals surface area contributed by atoms with Gasteiger partial charge in [0.1, 0.15) is 6.33 Å². The van der Waals surface area contributed by atoms with Crippen LogP contribution in [0.25, 0.3) is 5.82 Å². The zero-order valence-corrected chi connectivity index (χ0v) is 11.9. The molecule has 0 atom stereocenters. The molecule has 0 saturated carbocycles. The van der Waals surface area contributed by atoms with Crippen molar-refractivity contribution in [3.63, 3.8) is 0 Å². The Bertz CT molecular complexity index is 723. The molecule has 1 amide bonds. The Labute approximate surface area is 127 Å². The van der Waals surface area contributed by atoms with Crippen LogP contribution in [0.5, 0.6) is 0 Å². The molecule has 1 aromatic carbocycles. The van der Waals surface area contributed by atoms with Gasteiger partial charge in [0.25, 0.3) is 5.91 Å². The third-order valence-corrected chi connectivity index (χ3v) is 3.19. The van der Waals surface area contributed by atoms with Crippen LogP contribution in [0.2, 0.25) is 0 Å². The number of carbonyl (C=O) groups is 1. The first-order valence-corrected chi connectivity index (χ1v) is 6.97. The summed E-state index contributed by atoms with van der Waals surface area (Å²) in [7, 11) is 0. The summed E-state index contributed by atoms with van der Waals surface area (Å²) in [6.07, 6.45) is 5.84. The van der Waals surface area contributed by atoms with Crippen LogP contribution in [0.4, 0.5) is 0 Å². The fraction of sp³-hybridized carbons (Fsp3) is 0.125. The Balaban J connectivity index is 1.56. The number of nitrogens with zero attached hydrogens (tertiary/aromatic N) is 4. The third kappa shape index (κ3) is 3.35. The van der Waals surface area contributed by atoms with Crippen LogP contribution in [0.15, 0.2) is 61.2 Å². The number of hydrogen-bond donors (Lipinski definition) is 1. The van der Waals surface area contributed by atoms with E-state index in [1.165, 1.54) is 5.56 Å². The molecule has 0 aliphatic carbocycles. The molecule has 3 aromatic rings. The number of rotatable bonds is 5. The lowest BCUT2D eigenvalue weighted by Gasteiger charge is -2.05. The fourth-order valence-electron chi connectivity index (χ4n) is 2.03. The number of nitrogens with one attached hydrogen (secondary N) is 1. The molecule has 0 radical (unpaired) electrons. The first-order chi connectivity index (χ1) is 10.8. The van der Waals surface area contributed by atoms with Gasteiger partial charge in [-0.05, 0) is 24.1 Å². The molecule has 1 N–H and O–H groups in total. The SMILES string of the molecule is O=C(NCCc1ccccc1)c1ccc(-n2ccnc2)nn1. The fourth-order valence-corrected chi connectivity index (χ4v) is 2.03. The Morgan fingerprint density at radius 2 is 1.95 bits per heavy atom. The molecule has 0 saturated heterocycles. The van der Waals surface area contributed by atoms with Gasteiger partial charge in [0.05, 0.1) is 0 Å². The van der Waals surface area contributed by atoms with Crippen molar-refractivity contribution in [2.75, 3.05) is 6.54 Å². The highest BCUT2D eigenvalue weighted by atomic mass is 16.1. The molecule has 2 heterocycles. The minimum Gasteiger partial charge on any atom is -0.350 e. The second-order valence-electron chi connectivity index (χ2n) is 4.74. The van der Waals surface area contributed by atoms with Crippen molar-refractivity contribution < 1.29 is 4.79 Å². The lowest BCUT2D eigenvalue weighted by Crippen LogP contribution is -2.26. The number of benzene rings is 1. The topological polar surface area (TPSA) is 72.7 Å². The van der Waals surface area contributed by atoms with Crippen molar-refractivity contribution in [1.82, 2.24) is 25.1 Å². The van der Waals surface area contributed by atoms with E-state index in [-0.39, 0.29) is 5.91 Å². The summed E-state index contributed by atoms with van der Waals surface area (Å²) in [4.78, 5) is 15.9. The summed E-state index contributed by atoms with van der Waals surface area (Å²) in [6.45, 7) is 0.563. The van der Waals surface area contributed by atoms with Crippen molar-refractivity contribution in [3.8, 4) is 5.82 Å². The first kappa shape index (κ1) is 13.9. The average molecular weight is 293 g/mol. The normalized spacial score (nSPS) is 10.4. The molecule has 0 fully saturated rings. The van der Waals surface area contributed by atoms with Crippen LogP contribution in [0.3, 0.4) is 0 Å². The maximum Gasteiger partial charge on any atom is 0.271 e. The quantitative estimate of drug-likeness (QED) is 0.776. The second-order valence-corrected chi connectivity index (χ2v) is 4.74. The Kier molecular flexibility index (Phi) is 4.20. The summed E-state index contributed by atoms with van der Waals surface area (Å²) in [5, 5.41) is 10.8. The predicted molar refractivity (Wildman–Crippen MR) is 81.6 cm³/mol. The van der Waals surface area contributed by atoms with Gasteiger partial charge in [0.2, 0.25) is 0 Å². The summed E-state index contributed by atoms with van der Waals surface area (Å²) < 4.78 is 1.73. The van der Waals surface area contributed by atoms with Gasteiger partial charge in [0, 0.05) is 18.9 Å². The van der Waals surface area contributed by atoms with Crippen LogP contribution in [0, 0.1) is 0 Å². The lowest BCUT2D eigenvalue weighted by molar-refractivity contribution is 0.0948. The van der Waals surface area contributed by atoms with Gasteiger partial charge in [-0.3, -0.25) is 9.36 Å². The van der Waals surface area contributed by atoms with Gasteiger partial charge in [-0.2, -0.15) is 0 Å². The average Bonchev–Trinajstić information content (AvgIpc) is 3.10. The minimum absolute atomic E-state index is 0.222. The van der Waals surface area contributed by atoms with Gasteiger partial charge in [-0.1, -0.05) is 30.3 Å². The van der Waals surface area contributed by atoms with Crippen LogP contribution in [-0.4, -0.2) is 32.2 Å². The largest absolute Gasteiger partial charge is 0.350 e. The predicted octanol–water partition coefficient (Wildman–Crippen LogP) is 1.63. The van der Waals surface area contributed by atoms with Crippen LogP contribution < -0.4 is 5.32 Å². The molecular weight excluding hydrogens is 278 g/mol. The van der Waals surface area contributed by atoms with E-state index in [1.807, 2.05) is 30.3 Å². The molecule has 22 heavy (non-hydrogen) atoms. The van der Waals surface area contributed by atoms with E-state index < -0.39 is 0 Å². The molecule has 3 rings (SSSR count). The van der Waals surface area contributed by atoms with Gasteiger partial charge >= 0.3 is 0 Å². The van der Waals surface area contributed by atoms with Crippen LogP contribution in [0.1, 0.15) is 16.1 Å². The molecular formula is C16H15N5O. The van der Waals surface area contributed by atoms with Crippen molar-refractivity contribution in [1.29, 1.82) is 0 Å². The Morgan fingerprint density at radius 1 is 1.09 bits per heavy atom. The highest BCUT2D eigenvalue weighted by molar-refractivity contribution is 5.92. The van der Waals surface area contributed by atoms with Crippen molar-refractivity contribution >= 4 is 5.91 Å². The molecule has 6 nitrogen and oxygen atoms in total. The zero-order valence-electron chi connectivity index (χ0n) is 11.9. The number of hydrogen-bond acceptors (Lipinski definition) is 4. The third-order valence-electron chi connectivity index (χ3n) is 3.19. The number of amides is 1. The maximum absolute atomic E-state index is 12.0. The van der Waals surface area contributed by atoms with Crippen LogP contribution >= 0.6 is 0 Å².